The third-order valence-corrected chi connectivity index (χ3v) is 19.2. The van der Waals surface area contributed by atoms with Crippen molar-refractivity contribution >= 4 is 77.5 Å². The van der Waals surface area contributed by atoms with Gasteiger partial charge in [-0.1, -0.05) is 148 Å². The minimum Gasteiger partial charge on any atom is -0.466 e. The Labute approximate surface area is 704 Å². The van der Waals surface area contributed by atoms with E-state index in [0.717, 1.165) is 17.6 Å². The Morgan fingerprint density at radius 3 is 1.06 bits per heavy atom. The third kappa shape index (κ3) is 50.8. The van der Waals surface area contributed by atoms with Crippen LogP contribution in [-0.2, 0) is 66.8 Å². The van der Waals surface area contributed by atoms with Crippen molar-refractivity contribution in [1.82, 2.24) is 26.2 Å². The lowest BCUT2D eigenvalue weighted by Crippen LogP contribution is -2.60. The zero-order valence-electron chi connectivity index (χ0n) is 80.2. The number of likely N-dealkylation sites (N-methyl/N-ethyl adjacent to an activating group) is 1. The highest BCUT2D eigenvalue weighted by Crippen LogP contribution is 2.26. The van der Waals surface area contributed by atoms with E-state index in [1.807, 2.05) is 197 Å². The van der Waals surface area contributed by atoms with Gasteiger partial charge < -0.3 is 91.9 Å². The largest absolute Gasteiger partial charge is 0.466 e. The van der Waals surface area contributed by atoms with Gasteiger partial charge in [0.25, 0.3) is 0 Å². The zero-order valence-corrected chi connectivity index (χ0v) is 80.2. The zero-order chi connectivity index (χ0) is 95.0. The second-order valence-electron chi connectivity index (χ2n) is 37.1. The fraction of sp³-hybridized carbons (Fsp3) is 0.782. The monoisotopic (exact) mass is 1670 g/mol. The van der Waals surface area contributed by atoms with Gasteiger partial charge in [-0.25, -0.2) is 24.0 Å². The van der Waals surface area contributed by atoms with Crippen LogP contribution in [0.4, 0.5) is 19.2 Å². The van der Waals surface area contributed by atoms with Gasteiger partial charge in [-0.3, -0.25) is 33.8 Å². The highest BCUT2D eigenvalue weighted by atomic mass is 16.6. The molecular weight excluding hydrogens is 1510 g/mol. The van der Waals surface area contributed by atoms with Crippen LogP contribution >= 0.6 is 0 Å². The first-order chi connectivity index (χ1) is 52.1. The van der Waals surface area contributed by atoms with Crippen LogP contribution < -0.4 is 38.5 Å². The number of aliphatic hydroxyl groups is 3. The second kappa shape index (κ2) is 53.8. The number of ketones is 3. The number of Topliss-reactive ketones (excluding diaryl/α,β-unsaturated/α-hetero) is 3. The molecule has 13 N–H and O–H groups in total. The number of ether oxygens (including phenoxy) is 6. The van der Waals surface area contributed by atoms with E-state index in [-0.39, 0.29) is 71.0 Å². The Balaban J connectivity index is -0.000000238. The van der Waals surface area contributed by atoms with Gasteiger partial charge in [0.2, 0.25) is 17.6 Å². The van der Waals surface area contributed by atoms with E-state index in [1.54, 1.807) is 118 Å². The minimum atomic E-state index is -1.28. The first-order valence-corrected chi connectivity index (χ1v) is 40.3. The molecule has 0 fully saturated rings. The van der Waals surface area contributed by atoms with Crippen LogP contribution in [-0.4, -0.2) is 205 Å². The number of amides is 6. The maximum Gasteiger partial charge on any atom is 0.408 e. The Bertz CT molecular complexity index is 3200. The molecule has 0 saturated carbocycles. The highest BCUT2D eigenvalue weighted by Gasteiger charge is 2.44. The molecule has 30 nitrogen and oxygen atoms in total. The summed E-state index contributed by atoms with van der Waals surface area (Å²) in [5.41, 5.74) is 10.3. The fourth-order valence-corrected chi connectivity index (χ4v) is 8.46. The summed E-state index contributed by atoms with van der Waals surface area (Å²) in [6.07, 6.45) is -4.71. The minimum absolute atomic E-state index is 0.00463. The maximum atomic E-state index is 12.2. The molecule has 1 aromatic carbocycles. The fourth-order valence-electron chi connectivity index (χ4n) is 8.46. The summed E-state index contributed by atoms with van der Waals surface area (Å²) >= 11 is 0. The summed E-state index contributed by atoms with van der Waals surface area (Å²) < 4.78 is 30.5. The van der Waals surface area contributed by atoms with Crippen molar-refractivity contribution in [2.45, 2.75) is 364 Å². The number of carbonyl (C=O) groups is 12. The van der Waals surface area contributed by atoms with E-state index in [1.165, 1.54) is 18.7 Å². The van der Waals surface area contributed by atoms with Gasteiger partial charge in [0, 0.05) is 26.7 Å². The molecule has 0 aliphatic rings. The van der Waals surface area contributed by atoms with Crippen molar-refractivity contribution in [3.05, 3.63) is 35.9 Å². The van der Waals surface area contributed by atoms with Crippen molar-refractivity contribution in [2.24, 2.45) is 75.5 Å². The summed E-state index contributed by atoms with van der Waals surface area (Å²) in [6.45, 7) is 74.2. The third-order valence-electron chi connectivity index (χ3n) is 19.2. The van der Waals surface area contributed by atoms with E-state index in [4.69, 9.17) is 45.6 Å². The topological polar surface area (TPSA) is 463 Å². The lowest BCUT2D eigenvalue weighted by atomic mass is 9.81. The molecule has 6 amide bonds. The van der Waals surface area contributed by atoms with Crippen molar-refractivity contribution < 1.29 is 101 Å². The van der Waals surface area contributed by atoms with Crippen LogP contribution in [0.15, 0.2) is 35.3 Å². The number of aliphatic hydroxyl groups excluding tert-OH is 3. The number of primary amides is 1. The molecule has 0 spiro atoms. The van der Waals surface area contributed by atoms with Crippen molar-refractivity contribution in [2.75, 3.05) is 27.3 Å². The molecule has 684 valence electrons. The van der Waals surface area contributed by atoms with Gasteiger partial charge >= 0.3 is 36.3 Å². The SMILES string of the molecule is CC(=O)C(=O)C(C)(N)C(C)C.CC(=O)C(O)C(C)(NC(=O)OC(C)(C)C)C(C)C.CC(C)C(C)(C=O)NC(=O)OC(C)(C)C.CC(C)C(C)(N)C(O)C(N)=O.CC(C)C(C)(NC(=O)OC(C)(C)C)C(=O)N(C)C.CC(C)C(C)(NC(=O)OC(C)(C)C)C(C)O.CCOC(=O)C(C)C(C)C.CCOC(=O)C(N=C(C)c1ccccc1)C(C)C. The molecule has 1 rings (SSSR count). The summed E-state index contributed by atoms with van der Waals surface area (Å²) in [7, 11) is 3.33. The smallest absolute Gasteiger partial charge is 0.408 e. The number of hydrogen-bond donors (Lipinski definition) is 10. The van der Waals surface area contributed by atoms with Gasteiger partial charge in [-0.05, 0) is 212 Å². The first-order valence-electron chi connectivity index (χ1n) is 40.3. The van der Waals surface area contributed by atoms with E-state index >= 15 is 0 Å². The molecule has 1 aromatic rings. The summed E-state index contributed by atoms with van der Waals surface area (Å²) in [4.78, 5) is 142. The van der Waals surface area contributed by atoms with Gasteiger partial charge in [0.05, 0.1) is 52.9 Å². The summed E-state index contributed by atoms with van der Waals surface area (Å²) in [5, 5.41) is 39.5. The summed E-state index contributed by atoms with van der Waals surface area (Å²) in [5.74, 6) is -2.12. The molecule has 30 heteroatoms. The first kappa shape index (κ1) is 123. The van der Waals surface area contributed by atoms with Crippen LogP contribution in [0.2, 0.25) is 0 Å². The van der Waals surface area contributed by atoms with Gasteiger partial charge in [-0.15, -0.1) is 0 Å². The van der Waals surface area contributed by atoms with E-state index in [0.29, 0.717) is 19.1 Å². The molecular formula is C87H165N9O21. The predicted octanol–water partition coefficient (Wildman–Crippen LogP) is 13.0. The number of nitrogens with zero attached hydrogens (tertiary/aromatic N) is 2. The molecule has 117 heavy (non-hydrogen) atoms. The number of carbonyl (C=O) groups excluding carboxylic acids is 12. The van der Waals surface area contributed by atoms with Crippen LogP contribution in [0.1, 0.15) is 289 Å². The highest BCUT2D eigenvalue weighted by molar-refractivity contribution is 6.39. The predicted molar refractivity (Wildman–Crippen MR) is 464 cm³/mol. The van der Waals surface area contributed by atoms with Crippen LogP contribution in [0.5, 0.6) is 0 Å². The van der Waals surface area contributed by atoms with Crippen LogP contribution in [0.3, 0.4) is 0 Å². The normalized spacial score (nSPS) is 15.9. The lowest BCUT2D eigenvalue weighted by molar-refractivity contribution is -0.149. The number of benzene rings is 1. The van der Waals surface area contributed by atoms with Crippen LogP contribution in [0.25, 0.3) is 0 Å². The van der Waals surface area contributed by atoms with Gasteiger partial charge in [0.1, 0.15) is 52.5 Å². The number of hydrogen-bond acceptors (Lipinski definition) is 24. The number of aliphatic imine (C=N–C) groups is 1. The molecule has 0 radical (unpaired) electrons. The Morgan fingerprint density at radius 2 is 0.821 bits per heavy atom. The van der Waals surface area contributed by atoms with Crippen molar-refractivity contribution in [3.8, 4) is 0 Å². The molecule has 0 aromatic heterocycles. The Morgan fingerprint density at radius 1 is 0.470 bits per heavy atom. The Kier molecular flexibility index (Phi) is 56.3. The van der Waals surface area contributed by atoms with Gasteiger partial charge in [-0.2, -0.15) is 0 Å². The number of nitrogens with one attached hydrogen (secondary N) is 4. The number of nitrogens with two attached hydrogens (primary N) is 3. The standard InChI is InChI=1S/C15H21NO2.C13H26N2O3.C13H25NO4.C12H25NO3.C11H21NO3.C8H15NO2.C8H16O2.C7H16N2O2/c1-5-18-15(17)14(11(2)3)16-12(4)13-9-7-6-8-10-13;1-9(2)13(6,10(16)15(7)8)14-11(17)18-12(3,4)5;1-8(2)13(7,10(16)9(3)15)14-11(17)18-12(4,5)6;1-8(2)12(7,9(3)14)13-10(15)16-11(4,5)6;1-8(2)11(6,7-13)12-9(14)15-10(3,4)5;1-5(2)8(4,9)7(11)6(3)10;1-5-10-8(9)7(4)6(2)3;1-4(2)7(3,9)5(10)6(8)11/h6-11,14H,5H2,1-4H3;9H,1-8H3,(H,14,17);8,10,16H,1-7H3,(H,14,17);8-9,14H,1-7H3,(H,13,15);7-8H,1-6H3,(H,12,14);5H,9H2,1-4H3;6-7H,5H2,1-4H3;4-5,10H,9H2,1-3H3,(H2,8,11). The Hall–Kier alpha value is -7.67. The van der Waals surface area contributed by atoms with E-state index < -0.39 is 122 Å². The molecule has 0 aliphatic heterocycles. The average Bonchev–Trinajstić information content (AvgIpc) is 0.833. The number of alkyl carbamates (subject to hydrolysis) is 4. The maximum absolute atomic E-state index is 12.2. The number of esters is 2. The number of aldehydes is 1. The van der Waals surface area contributed by atoms with Gasteiger partial charge in [0.15, 0.2) is 11.6 Å². The van der Waals surface area contributed by atoms with E-state index in [2.05, 4.69) is 26.3 Å². The molecule has 0 bridgehead atoms. The molecule has 0 saturated heterocycles. The molecule has 0 aliphatic carbocycles. The average molecular weight is 1670 g/mol. The molecule has 0 heterocycles. The lowest BCUT2D eigenvalue weighted by Gasteiger charge is -2.38. The van der Waals surface area contributed by atoms with Crippen molar-refractivity contribution in [3.63, 3.8) is 0 Å². The van der Waals surface area contributed by atoms with Crippen LogP contribution in [0, 0.1) is 53.3 Å². The quantitative estimate of drug-likeness (QED) is 0.0129. The number of rotatable bonds is 27. The molecule has 11 atom stereocenters. The molecule has 11 unspecified atom stereocenters. The van der Waals surface area contributed by atoms with E-state index in [9.17, 15) is 72.9 Å². The van der Waals surface area contributed by atoms with Crippen molar-refractivity contribution in [1.29, 1.82) is 0 Å². The summed E-state index contributed by atoms with van der Waals surface area (Å²) in [6, 6.07) is 9.43. The second-order valence-corrected chi connectivity index (χ2v) is 37.1.